The molecule has 0 heterocycles. The van der Waals surface area contributed by atoms with Crippen molar-refractivity contribution in [1.82, 2.24) is 10.6 Å². The number of halogens is 1. The van der Waals surface area contributed by atoms with Gasteiger partial charge in [0.1, 0.15) is 11.9 Å². The van der Waals surface area contributed by atoms with E-state index in [4.69, 9.17) is 21.4 Å². The number of ether oxygens (including phenoxy) is 1. The van der Waals surface area contributed by atoms with E-state index in [-0.39, 0.29) is 24.7 Å². The summed E-state index contributed by atoms with van der Waals surface area (Å²) in [6.45, 7) is 4.93. The lowest BCUT2D eigenvalue weighted by Crippen LogP contribution is -2.41. The van der Waals surface area contributed by atoms with Gasteiger partial charge in [0.05, 0.1) is 6.54 Å². The zero-order valence-corrected chi connectivity index (χ0v) is 13.2. The normalized spacial score (nSPS) is 13.3. The topological polar surface area (TPSA) is 70.6 Å². The number of amides is 2. The summed E-state index contributed by atoms with van der Waals surface area (Å²) < 4.78 is 5.65. The minimum absolute atomic E-state index is 0.135. The largest absolute Gasteiger partial charge is 0.489 e. The molecular weight excluding hydrogens is 292 g/mol. The fourth-order valence-electron chi connectivity index (χ4n) is 1.68. The third-order valence-corrected chi connectivity index (χ3v) is 3.19. The first-order valence-electron chi connectivity index (χ1n) is 7.06. The van der Waals surface area contributed by atoms with Gasteiger partial charge in [0, 0.05) is 18.2 Å². The number of hydrogen-bond donors (Lipinski definition) is 3. The van der Waals surface area contributed by atoms with Crippen LogP contribution in [0, 0.1) is 5.92 Å². The quantitative estimate of drug-likeness (QED) is 0.690. The Bertz CT molecular complexity index is 425. The second-order valence-corrected chi connectivity index (χ2v) is 5.53. The summed E-state index contributed by atoms with van der Waals surface area (Å²) in [5.74, 6) is 0.967. The number of benzene rings is 1. The van der Waals surface area contributed by atoms with Gasteiger partial charge >= 0.3 is 6.03 Å². The highest BCUT2D eigenvalue weighted by Gasteiger charge is 2.08. The van der Waals surface area contributed by atoms with Crippen molar-refractivity contribution in [2.45, 2.75) is 26.4 Å². The Morgan fingerprint density at radius 3 is 2.48 bits per heavy atom. The molecule has 2 amide bonds. The SMILES string of the molecule is CC(CCO)CNC(=O)NCC(C)Oc1ccc(Cl)cc1. The van der Waals surface area contributed by atoms with Gasteiger partial charge in [-0.3, -0.25) is 0 Å². The molecule has 0 bridgehead atoms. The molecule has 1 aromatic rings. The number of hydrogen-bond acceptors (Lipinski definition) is 3. The molecule has 0 saturated heterocycles. The molecule has 2 atom stereocenters. The van der Waals surface area contributed by atoms with Crippen molar-refractivity contribution in [3.63, 3.8) is 0 Å². The maximum absolute atomic E-state index is 11.6. The van der Waals surface area contributed by atoms with Crippen molar-refractivity contribution >= 4 is 17.6 Å². The lowest BCUT2D eigenvalue weighted by molar-refractivity contribution is 0.206. The number of nitrogens with one attached hydrogen (secondary N) is 2. The lowest BCUT2D eigenvalue weighted by Gasteiger charge is -2.16. The molecule has 1 aromatic carbocycles. The second-order valence-electron chi connectivity index (χ2n) is 5.09. The first-order valence-corrected chi connectivity index (χ1v) is 7.44. The third kappa shape index (κ3) is 7.78. The van der Waals surface area contributed by atoms with Crippen molar-refractivity contribution < 1.29 is 14.6 Å². The van der Waals surface area contributed by atoms with Crippen molar-refractivity contribution in [3.05, 3.63) is 29.3 Å². The van der Waals surface area contributed by atoms with Gasteiger partial charge < -0.3 is 20.5 Å². The highest BCUT2D eigenvalue weighted by Crippen LogP contribution is 2.16. The summed E-state index contributed by atoms with van der Waals surface area (Å²) >= 11 is 5.80. The number of aliphatic hydroxyl groups excluding tert-OH is 1. The molecule has 0 aliphatic rings. The molecule has 5 nitrogen and oxygen atoms in total. The van der Waals surface area contributed by atoms with Crippen molar-refractivity contribution in [2.75, 3.05) is 19.7 Å². The van der Waals surface area contributed by atoms with E-state index in [0.29, 0.717) is 30.3 Å². The smallest absolute Gasteiger partial charge is 0.314 e. The maximum Gasteiger partial charge on any atom is 0.314 e. The van der Waals surface area contributed by atoms with Crippen LogP contribution in [-0.2, 0) is 0 Å². The van der Waals surface area contributed by atoms with E-state index in [1.165, 1.54) is 0 Å². The van der Waals surface area contributed by atoms with Crippen LogP contribution in [0.2, 0.25) is 5.02 Å². The van der Waals surface area contributed by atoms with Crippen LogP contribution in [-0.4, -0.2) is 36.9 Å². The van der Waals surface area contributed by atoms with Gasteiger partial charge in [0.2, 0.25) is 0 Å². The first kappa shape index (κ1) is 17.6. The van der Waals surface area contributed by atoms with Gasteiger partial charge in [0.25, 0.3) is 0 Å². The number of carbonyl (C=O) groups excluding carboxylic acids is 1. The van der Waals surface area contributed by atoms with E-state index in [2.05, 4.69) is 10.6 Å². The zero-order valence-electron chi connectivity index (χ0n) is 12.4. The van der Waals surface area contributed by atoms with Crippen LogP contribution in [0.3, 0.4) is 0 Å². The van der Waals surface area contributed by atoms with Crippen LogP contribution >= 0.6 is 11.6 Å². The molecular formula is C15H23ClN2O3. The average Bonchev–Trinajstić information content (AvgIpc) is 2.46. The molecule has 0 aliphatic heterocycles. The van der Waals surface area contributed by atoms with Crippen LogP contribution in [0.25, 0.3) is 0 Å². The molecule has 0 aromatic heterocycles. The van der Waals surface area contributed by atoms with E-state index in [0.717, 1.165) is 0 Å². The number of urea groups is 1. The predicted octanol–water partition coefficient (Wildman–Crippen LogP) is 2.42. The Hall–Kier alpha value is -1.46. The molecule has 0 radical (unpaired) electrons. The molecule has 0 spiro atoms. The summed E-state index contributed by atoms with van der Waals surface area (Å²) in [5, 5.41) is 14.9. The van der Waals surface area contributed by atoms with E-state index in [9.17, 15) is 4.79 Å². The van der Waals surface area contributed by atoms with E-state index < -0.39 is 0 Å². The number of rotatable bonds is 8. The summed E-state index contributed by atoms with van der Waals surface area (Å²) in [5.41, 5.74) is 0. The molecule has 21 heavy (non-hydrogen) atoms. The minimum atomic E-state index is -0.230. The Morgan fingerprint density at radius 2 is 1.86 bits per heavy atom. The lowest BCUT2D eigenvalue weighted by atomic mass is 10.1. The highest BCUT2D eigenvalue weighted by molar-refractivity contribution is 6.30. The molecule has 118 valence electrons. The van der Waals surface area contributed by atoms with Crippen LogP contribution in [0.1, 0.15) is 20.3 Å². The van der Waals surface area contributed by atoms with Gasteiger partial charge in [-0.25, -0.2) is 4.79 Å². The van der Waals surface area contributed by atoms with E-state index in [1.54, 1.807) is 24.3 Å². The van der Waals surface area contributed by atoms with E-state index in [1.807, 2.05) is 13.8 Å². The van der Waals surface area contributed by atoms with Gasteiger partial charge in [-0.05, 0) is 43.5 Å². The molecule has 3 N–H and O–H groups in total. The molecule has 0 saturated carbocycles. The van der Waals surface area contributed by atoms with Gasteiger partial charge in [-0.2, -0.15) is 0 Å². The zero-order chi connectivity index (χ0) is 15.7. The molecule has 0 fully saturated rings. The fraction of sp³-hybridized carbons (Fsp3) is 0.533. The predicted molar refractivity (Wildman–Crippen MR) is 83.8 cm³/mol. The summed E-state index contributed by atoms with van der Waals surface area (Å²) in [7, 11) is 0. The number of carbonyl (C=O) groups is 1. The van der Waals surface area contributed by atoms with Crippen LogP contribution < -0.4 is 15.4 Å². The Kier molecular flexibility index (Phi) is 7.93. The fourth-order valence-corrected chi connectivity index (χ4v) is 1.80. The van der Waals surface area contributed by atoms with Crippen LogP contribution in [0.4, 0.5) is 4.79 Å². The van der Waals surface area contributed by atoms with Gasteiger partial charge in [-0.1, -0.05) is 18.5 Å². The molecule has 6 heteroatoms. The van der Waals surface area contributed by atoms with E-state index >= 15 is 0 Å². The van der Waals surface area contributed by atoms with Crippen molar-refractivity contribution in [2.24, 2.45) is 5.92 Å². The monoisotopic (exact) mass is 314 g/mol. The number of aliphatic hydroxyl groups is 1. The standard InChI is InChI=1S/C15H23ClN2O3/c1-11(7-8-19)9-17-15(20)18-10-12(2)21-14-5-3-13(16)4-6-14/h3-6,11-12,19H,7-10H2,1-2H3,(H2,17,18,20). The van der Waals surface area contributed by atoms with Gasteiger partial charge in [-0.15, -0.1) is 0 Å². The highest BCUT2D eigenvalue weighted by atomic mass is 35.5. The Balaban J connectivity index is 2.21. The van der Waals surface area contributed by atoms with Crippen molar-refractivity contribution in [3.8, 4) is 5.75 Å². The van der Waals surface area contributed by atoms with Gasteiger partial charge in [0.15, 0.2) is 0 Å². The molecule has 2 unspecified atom stereocenters. The first-order chi connectivity index (χ1) is 10.0. The summed E-state index contributed by atoms with van der Waals surface area (Å²) in [6.07, 6.45) is 0.530. The van der Waals surface area contributed by atoms with Crippen LogP contribution in [0.15, 0.2) is 24.3 Å². The third-order valence-electron chi connectivity index (χ3n) is 2.93. The summed E-state index contributed by atoms with van der Waals surface area (Å²) in [6, 6.07) is 6.86. The Morgan fingerprint density at radius 1 is 1.24 bits per heavy atom. The molecule has 0 aliphatic carbocycles. The summed E-state index contributed by atoms with van der Waals surface area (Å²) in [4.78, 5) is 11.6. The second kappa shape index (κ2) is 9.47. The van der Waals surface area contributed by atoms with Crippen LogP contribution in [0.5, 0.6) is 5.75 Å². The van der Waals surface area contributed by atoms with Crippen molar-refractivity contribution in [1.29, 1.82) is 0 Å². The molecule has 1 rings (SSSR count). The maximum atomic E-state index is 11.6. The minimum Gasteiger partial charge on any atom is -0.489 e. The average molecular weight is 315 g/mol. The Labute approximate surface area is 130 Å².